The summed E-state index contributed by atoms with van der Waals surface area (Å²) in [5.74, 6) is -0.388. The summed E-state index contributed by atoms with van der Waals surface area (Å²) >= 11 is 2.91. The second kappa shape index (κ2) is 6.84. The number of benzene rings is 1. The van der Waals surface area contributed by atoms with Crippen LogP contribution in [0.3, 0.4) is 0 Å². The molecule has 0 bridgehead atoms. The first kappa shape index (κ1) is 17.4. The quantitative estimate of drug-likeness (QED) is 0.668. The van der Waals surface area contributed by atoms with Crippen molar-refractivity contribution in [3.8, 4) is 0 Å². The summed E-state index contributed by atoms with van der Waals surface area (Å²) in [4.78, 5) is -0.220. The van der Waals surface area contributed by atoms with E-state index in [4.69, 9.17) is 5.73 Å². The number of nitrogen functional groups attached to an aromatic ring is 1. The molecule has 0 amide bonds. The largest absolute Gasteiger partial charge is 0.398 e. The summed E-state index contributed by atoms with van der Waals surface area (Å²) in [5.41, 5.74) is 5.34. The van der Waals surface area contributed by atoms with E-state index in [1.54, 1.807) is 0 Å². The maximum atomic E-state index is 13.2. The summed E-state index contributed by atoms with van der Waals surface area (Å²) in [7, 11) is -3.89. The molecule has 20 heavy (non-hydrogen) atoms. The lowest BCUT2D eigenvalue weighted by Gasteiger charge is -2.15. The van der Waals surface area contributed by atoms with Gasteiger partial charge in [0.15, 0.2) is 0 Å². The predicted octanol–water partition coefficient (Wildman–Crippen LogP) is 1.86. The van der Waals surface area contributed by atoms with Crippen molar-refractivity contribution in [3.63, 3.8) is 0 Å². The molecular weight excluding hydrogens is 351 g/mol. The molecule has 114 valence electrons. The number of rotatable bonds is 6. The van der Waals surface area contributed by atoms with Crippen molar-refractivity contribution in [2.24, 2.45) is 5.92 Å². The number of anilines is 1. The zero-order valence-corrected chi connectivity index (χ0v) is 13.6. The molecule has 1 aromatic carbocycles. The molecule has 1 rings (SSSR count). The number of aliphatic hydroxyl groups is 1. The third-order valence-corrected chi connectivity index (χ3v) is 4.68. The van der Waals surface area contributed by atoms with E-state index in [1.807, 2.05) is 13.8 Å². The Hall–Kier alpha value is -0.700. The van der Waals surface area contributed by atoms with Crippen molar-refractivity contribution in [1.82, 2.24) is 4.72 Å². The van der Waals surface area contributed by atoms with E-state index in [9.17, 15) is 17.9 Å². The Morgan fingerprint density at radius 2 is 2.05 bits per heavy atom. The van der Waals surface area contributed by atoms with Crippen molar-refractivity contribution >= 4 is 31.6 Å². The maximum Gasteiger partial charge on any atom is 0.242 e. The van der Waals surface area contributed by atoms with Crippen LogP contribution >= 0.6 is 15.9 Å². The van der Waals surface area contributed by atoms with E-state index in [0.29, 0.717) is 6.42 Å². The lowest BCUT2D eigenvalue weighted by atomic mass is 10.1. The van der Waals surface area contributed by atoms with Crippen LogP contribution < -0.4 is 10.5 Å². The topological polar surface area (TPSA) is 92.4 Å². The highest BCUT2D eigenvalue weighted by molar-refractivity contribution is 9.10. The first-order valence-electron chi connectivity index (χ1n) is 6.05. The molecule has 0 radical (unpaired) electrons. The summed E-state index contributed by atoms with van der Waals surface area (Å²) in [6, 6.07) is 2.03. The van der Waals surface area contributed by atoms with Crippen LogP contribution in [0.1, 0.15) is 20.3 Å². The molecule has 4 N–H and O–H groups in total. The molecule has 8 heteroatoms. The Morgan fingerprint density at radius 1 is 1.45 bits per heavy atom. The highest BCUT2D eigenvalue weighted by atomic mass is 79.9. The van der Waals surface area contributed by atoms with E-state index in [-0.39, 0.29) is 27.5 Å². The molecule has 1 unspecified atom stereocenters. The normalized spacial score (nSPS) is 13.7. The predicted molar refractivity (Wildman–Crippen MR) is 79.2 cm³/mol. The number of nitrogens with one attached hydrogen (secondary N) is 1. The third kappa shape index (κ3) is 4.69. The fraction of sp³-hybridized carbons (Fsp3) is 0.500. The number of hydrogen-bond acceptors (Lipinski definition) is 4. The van der Waals surface area contributed by atoms with Crippen LogP contribution in [0, 0.1) is 11.7 Å². The van der Waals surface area contributed by atoms with Gasteiger partial charge in [0.05, 0.1) is 16.3 Å². The van der Waals surface area contributed by atoms with Gasteiger partial charge in [0, 0.05) is 6.54 Å². The van der Waals surface area contributed by atoms with E-state index in [1.165, 1.54) is 0 Å². The monoisotopic (exact) mass is 368 g/mol. The van der Waals surface area contributed by atoms with Gasteiger partial charge in [-0.15, -0.1) is 0 Å². The summed E-state index contributed by atoms with van der Waals surface area (Å²) in [6.45, 7) is 3.73. The van der Waals surface area contributed by atoms with Gasteiger partial charge in [0.2, 0.25) is 10.0 Å². The second-order valence-corrected chi connectivity index (χ2v) is 7.53. The van der Waals surface area contributed by atoms with Crippen LogP contribution in [0.25, 0.3) is 0 Å². The average molecular weight is 369 g/mol. The molecule has 5 nitrogen and oxygen atoms in total. The van der Waals surface area contributed by atoms with Crippen LogP contribution in [-0.2, 0) is 10.0 Å². The minimum Gasteiger partial charge on any atom is -0.398 e. The maximum absolute atomic E-state index is 13.2. The van der Waals surface area contributed by atoms with Crippen molar-refractivity contribution in [3.05, 3.63) is 22.4 Å². The van der Waals surface area contributed by atoms with Crippen LogP contribution in [0.2, 0.25) is 0 Å². The van der Waals surface area contributed by atoms with Crippen molar-refractivity contribution in [1.29, 1.82) is 0 Å². The Bertz CT molecular complexity index is 578. The zero-order chi connectivity index (χ0) is 15.5. The summed E-state index contributed by atoms with van der Waals surface area (Å²) in [5, 5.41) is 9.67. The Labute approximate surface area is 126 Å². The fourth-order valence-electron chi connectivity index (χ4n) is 1.69. The lowest BCUT2D eigenvalue weighted by Crippen LogP contribution is -2.33. The van der Waals surface area contributed by atoms with E-state index in [2.05, 4.69) is 20.7 Å². The van der Waals surface area contributed by atoms with E-state index >= 15 is 0 Å². The minimum absolute atomic E-state index is 0.00908. The Morgan fingerprint density at radius 3 is 2.60 bits per heavy atom. The molecular formula is C12H18BrFN2O3S. The minimum atomic E-state index is -3.89. The number of aliphatic hydroxyl groups excluding tert-OH is 1. The van der Waals surface area contributed by atoms with E-state index < -0.39 is 21.9 Å². The van der Waals surface area contributed by atoms with Gasteiger partial charge in [0.25, 0.3) is 0 Å². The lowest BCUT2D eigenvalue weighted by molar-refractivity contribution is 0.152. The van der Waals surface area contributed by atoms with Crippen LogP contribution in [0.5, 0.6) is 0 Å². The highest BCUT2D eigenvalue weighted by Gasteiger charge is 2.21. The Balaban J connectivity index is 2.87. The number of halogens is 2. The van der Waals surface area contributed by atoms with Gasteiger partial charge in [-0.05, 0) is 40.4 Å². The molecule has 1 atom stereocenters. The van der Waals surface area contributed by atoms with Gasteiger partial charge in [-0.3, -0.25) is 0 Å². The molecule has 1 aromatic rings. The van der Waals surface area contributed by atoms with Crippen molar-refractivity contribution < 1.29 is 17.9 Å². The van der Waals surface area contributed by atoms with Crippen LogP contribution in [0.4, 0.5) is 10.1 Å². The molecule has 0 fully saturated rings. The number of hydrogen-bond donors (Lipinski definition) is 3. The first-order chi connectivity index (χ1) is 9.13. The summed E-state index contributed by atoms with van der Waals surface area (Å²) in [6.07, 6.45) is -0.305. The SMILES string of the molecule is CC(C)CC(O)CNS(=O)(=O)c1cc(Br)c(F)cc1N. The van der Waals surface area contributed by atoms with Gasteiger partial charge in [-0.1, -0.05) is 13.8 Å². The average Bonchev–Trinajstić information content (AvgIpc) is 2.30. The molecule has 0 aliphatic carbocycles. The van der Waals surface area contributed by atoms with Gasteiger partial charge in [0.1, 0.15) is 10.7 Å². The fourth-order valence-corrected chi connectivity index (χ4v) is 3.39. The molecule has 0 aliphatic heterocycles. The third-order valence-electron chi connectivity index (χ3n) is 2.59. The summed E-state index contributed by atoms with van der Waals surface area (Å²) < 4.78 is 39.6. The van der Waals surface area contributed by atoms with Gasteiger partial charge in [-0.2, -0.15) is 0 Å². The van der Waals surface area contributed by atoms with Gasteiger partial charge >= 0.3 is 0 Å². The first-order valence-corrected chi connectivity index (χ1v) is 8.33. The van der Waals surface area contributed by atoms with E-state index in [0.717, 1.165) is 12.1 Å². The van der Waals surface area contributed by atoms with Gasteiger partial charge in [-0.25, -0.2) is 17.5 Å². The van der Waals surface area contributed by atoms with Gasteiger partial charge < -0.3 is 10.8 Å². The van der Waals surface area contributed by atoms with Crippen molar-refractivity contribution in [2.45, 2.75) is 31.3 Å². The molecule has 0 saturated heterocycles. The second-order valence-electron chi connectivity index (χ2n) is 4.94. The smallest absolute Gasteiger partial charge is 0.242 e. The Kier molecular flexibility index (Phi) is 5.93. The molecule has 0 heterocycles. The number of nitrogens with two attached hydrogens (primary N) is 1. The number of sulfonamides is 1. The van der Waals surface area contributed by atoms with Crippen LogP contribution in [-0.4, -0.2) is 26.2 Å². The molecule has 0 spiro atoms. The zero-order valence-electron chi connectivity index (χ0n) is 11.2. The molecule has 0 aliphatic rings. The standard InChI is InChI=1S/C12H18BrFN2O3S/c1-7(2)3-8(17)6-16-20(18,19)12-4-9(13)10(14)5-11(12)15/h4-5,7-8,16-17H,3,6,15H2,1-2H3. The molecule has 0 aromatic heterocycles. The van der Waals surface area contributed by atoms with Crippen LogP contribution in [0.15, 0.2) is 21.5 Å². The van der Waals surface area contributed by atoms with Crippen molar-refractivity contribution in [2.75, 3.05) is 12.3 Å². The highest BCUT2D eigenvalue weighted by Crippen LogP contribution is 2.26. The molecule has 0 saturated carbocycles.